The average molecular weight is 414 g/mol. The maximum atomic E-state index is 10.4. The van der Waals surface area contributed by atoms with Crippen molar-refractivity contribution in [3.8, 4) is 11.5 Å². The molecule has 0 spiro atoms. The zero-order valence-electron chi connectivity index (χ0n) is 18.5. The molecule has 0 unspecified atom stereocenters. The van der Waals surface area contributed by atoms with Crippen LogP contribution in [0.4, 0.5) is 0 Å². The Bertz CT molecular complexity index is 793. The molecule has 30 heavy (non-hydrogen) atoms. The van der Waals surface area contributed by atoms with Crippen molar-refractivity contribution in [3.63, 3.8) is 0 Å². The van der Waals surface area contributed by atoms with Gasteiger partial charge in [-0.25, -0.2) is 0 Å². The van der Waals surface area contributed by atoms with E-state index in [0.717, 1.165) is 31.7 Å². The number of ether oxygens (including phenoxy) is 2. The largest absolute Gasteiger partial charge is 0.493 e. The van der Waals surface area contributed by atoms with Gasteiger partial charge < -0.3 is 19.5 Å². The summed E-state index contributed by atoms with van der Waals surface area (Å²) < 4.78 is 11.4. The van der Waals surface area contributed by atoms with E-state index < -0.39 is 6.10 Å². The third-order valence-electron chi connectivity index (χ3n) is 5.61. The Hall–Kier alpha value is -2.15. The van der Waals surface area contributed by atoms with E-state index in [1.54, 1.807) is 7.11 Å². The molecule has 2 heterocycles. The molecule has 6 heteroatoms. The number of β-amino-alcohol motifs (C(OH)–C–C–N with tert-alkyl or cyclic N) is 1. The molecule has 0 bridgehead atoms. The third kappa shape index (κ3) is 6.69. The summed E-state index contributed by atoms with van der Waals surface area (Å²) in [5, 5.41) is 10.4. The van der Waals surface area contributed by atoms with E-state index in [2.05, 4.69) is 40.9 Å². The van der Waals surface area contributed by atoms with Crippen LogP contribution in [0, 0.1) is 6.92 Å². The number of piperidine rings is 1. The molecular formula is C24H35N3O3. The molecule has 1 aliphatic heterocycles. The first-order valence-corrected chi connectivity index (χ1v) is 10.8. The van der Waals surface area contributed by atoms with E-state index in [9.17, 15) is 5.11 Å². The molecule has 1 saturated heterocycles. The summed E-state index contributed by atoms with van der Waals surface area (Å²) in [6, 6.07) is 8.08. The summed E-state index contributed by atoms with van der Waals surface area (Å²) >= 11 is 0. The van der Waals surface area contributed by atoms with Crippen molar-refractivity contribution < 1.29 is 14.6 Å². The Morgan fingerprint density at radius 2 is 1.93 bits per heavy atom. The topological polar surface area (TPSA) is 58.1 Å². The van der Waals surface area contributed by atoms with E-state index in [4.69, 9.17) is 9.47 Å². The van der Waals surface area contributed by atoms with Crippen molar-refractivity contribution in [1.82, 2.24) is 14.8 Å². The Labute approximate surface area is 180 Å². The molecule has 0 amide bonds. The molecular weight excluding hydrogens is 378 g/mol. The Morgan fingerprint density at radius 3 is 2.67 bits per heavy atom. The first-order valence-electron chi connectivity index (χ1n) is 10.8. The number of rotatable bonds is 10. The summed E-state index contributed by atoms with van der Waals surface area (Å²) in [4.78, 5) is 8.75. The molecule has 2 aromatic rings. The number of aryl methyl sites for hydroxylation is 1. The molecule has 1 atom stereocenters. The molecule has 0 saturated carbocycles. The second kappa shape index (κ2) is 11.3. The minimum atomic E-state index is -0.506. The molecule has 1 aromatic heterocycles. The summed E-state index contributed by atoms with van der Waals surface area (Å²) in [7, 11) is 3.75. The lowest BCUT2D eigenvalue weighted by Gasteiger charge is -2.28. The van der Waals surface area contributed by atoms with Gasteiger partial charge in [0.15, 0.2) is 11.5 Å². The summed E-state index contributed by atoms with van der Waals surface area (Å²) in [6.07, 6.45) is 6.96. The smallest absolute Gasteiger partial charge is 0.161 e. The first-order chi connectivity index (χ1) is 14.5. The van der Waals surface area contributed by atoms with Crippen molar-refractivity contribution in [2.45, 2.75) is 45.4 Å². The van der Waals surface area contributed by atoms with Gasteiger partial charge >= 0.3 is 0 Å². The van der Waals surface area contributed by atoms with Crippen LogP contribution in [0.2, 0.25) is 0 Å². The number of aliphatic hydroxyl groups is 1. The number of nitrogens with zero attached hydrogens (tertiary/aromatic N) is 3. The van der Waals surface area contributed by atoms with Crippen LogP contribution in [0.3, 0.4) is 0 Å². The number of aromatic nitrogens is 1. The first kappa shape index (κ1) is 22.5. The average Bonchev–Trinajstić information content (AvgIpc) is 2.75. The second-order valence-electron chi connectivity index (χ2n) is 8.29. The van der Waals surface area contributed by atoms with Crippen LogP contribution in [0.15, 0.2) is 36.7 Å². The number of methoxy groups -OCH3 is 1. The molecule has 1 fully saturated rings. The molecule has 1 aliphatic rings. The van der Waals surface area contributed by atoms with Crippen molar-refractivity contribution in [3.05, 3.63) is 53.3 Å². The Balaban J connectivity index is 1.56. The van der Waals surface area contributed by atoms with Gasteiger partial charge in [-0.15, -0.1) is 0 Å². The van der Waals surface area contributed by atoms with Gasteiger partial charge in [0.1, 0.15) is 12.7 Å². The van der Waals surface area contributed by atoms with E-state index in [-0.39, 0.29) is 6.61 Å². The number of aliphatic hydroxyl groups excluding tert-OH is 1. The zero-order chi connectivity index (χ0) is 21.3. The van der Waals surface area contributed by atoms with Crippen LogP contribution in [-0.2, 0) is 13.1 Å². The zero-order valence-corrected chi connectivity index (χ0v) is 18.5. The monoisotopic (exact) mass is 413 g/mol. The van der Waals surface area contributed by atoms with Gasteiger partial charge in [-0.2, -0.15) is 0 Å². The Kier molecular flexibility index (Phi) is 8.49. The van der Waals surface area contributed by atoms with Crippen LogP contribution in [-0.4, -0.2) is 66.4 Å². The Morgan fingerprint density at radius 1 is 1.13 bits per heavy atom. The fourth-order valence-electron chi connectivity index (χ4n) is 3.95. The quantitative estimate of drug-likeness (QED) is 0.645. The maximum Gasteiger partial charge on any atom is 0.161 e. The van der Waals surface area contributed by atoms with Crippen LogP contribution >= 0.6 is 0 Å². The molecule has 164 valence electrons. The third-order valence-corrected chi connectivity index (χ3v) is 5.61. The van der Waals surface area contributed by atoms with Crippen molar-refractivity contribution in [2.75, 3.05) is 40.4 Å². The van der Waals surface area contributed by atoms with Gasteiger partial charge in [-0.3, -0.25) is 9.88 Å². The van der Waals surface area contributed by atoms with Gasteiger partial charge in [0.25, 0.3) is 0 Å². The number of pyridine rings is 1. The lowest BCUT2D eigenvalue weighted by Crippen LogP contribution is -2.38. The summed E-state index contributed by atoms with van der Waals surface area (Å²) in [5.74, 6) is 1.37. The van der Waals surface area contributed by atoms with Crippen LogP contribution in [0.25, 0.3) is 0 Å². The highest BCUT2D eigenvalue weighted by atomic mass is 16.5. The van der Waals surface area contributed by atoms with Crippen molar-refractivity contribution in [2.24, 2.45) is 0 Å². The van der Waals surface area contributed by atoms with E-state index in [0.29, 0.717) is 18.0 Å². The van der Waals surface area contributed by atoms with Crippen LogP contribution < -0.4 is 9.47 Å². The second-order valence-corrected chi connectivity index (χ2v) is 8.29. The normalized spacial score (nSPS) is 15.9. The minimum absolute atomic E-state index is 0.266. The highest BCUT2D eigenvalue weighted by Gasteiger charge is 2.16. The molecule has 3 rings (SSSR count). The SMILES string of the molecule is COc1ccc(CN(C)Cc2ccncc2C)cc1OC[C@@H](O)CN1CCCCC1. The van der Waals surface area contributed by atoms with E-state index >= 15 is 0 Å². The summed E-state index contributed by atoms with van der Waals surface area (Å²) in [5.41, 5.74) is 3.62. The molecule has 0 aliphatic carbocycles. The number of hydrogen-bond donors (Lipinski definition) is 1. The van der Waals surface area contributed by atoms with E-state index in [1.807, 2.05) is 24.5 Å². The molecule has 1 N–H and O–H groups in total. The van der Waals surface area contributed by atoms with Crippen LogP contribution in [0.5, 0.6) is 11.5 Å². The van der Waals surface area contributed by atoms with Gasteiger partial charge in [-0.1, -0.05) is 12.5 Å². The van der Waals surface area contributed by atoms with Gasteiger partial charge in [0, 0.05) is 32.0 Å². The fraction of sp³-hybridized carbons (Fsp3) is 0.542. The number of hydrogen-bond acceptors (Lipinski definition) is 6. The maximum absolute atomic E-state index is 10.4. The summed E-state index contributed by atoms with van der Waals surface area (Å²) in [6.45, 7) is 6.80. The fourth-order valence-corrected chi connectivity index (χ4v) is 3.95. The van der Waals surface area contributed by atoms with Crippen LogP contribution in [0.1, 0.15) is 36.0 Å². The molecule has 6 nitrogen and oxygen atoms in total. The van der Waals surface area contributed by atoms with Gasteiger partial charge in [-0.05, 0) is 74.8 Å². The predicted octanol–water partition coefficient (Wildman–Crippen LogP) is 3.26. The lowest BCUT2D eigenvalue weighted by molar-refractivity contribution is 0.0608. The lowest BCUT2D eigenvalue weighted by atomic mass is 10.1. The highest BCUT2D eigenvalue weighted by molar-refractivity contribution is 5.43. The number of benzene rings is 1. The number of likely N-dealkylation sites (tertiary alicyclic amines) is 1. The standard InChI is InChI=1S/C24H35N3O3/c1-19-14-25-10-9-21(19)16-26(2)15-20-7-8-23(29-3)24(13-20)30-18-22(28)17-27-11-5-4-6-12-27/h7-10,13-14,22,28H,4-6,11-12,15-18H2,1-3H3/t22-/m0/s1. The van der Waals surface area contributed by atoms with Gasteiger partial charge in [0.05, 0.1) is 7.11 Å². The molecule has 1 aromatic carbocycles. The van der Waals surface area contributed by atoms with Gasteiger partial charge in [0.2, 0.25) is 0 Å². The highest BCUT2D eigenvalue weighted by Crippen LogP contribution is 2.29. The van der Waals surface area contributed by atoms with Crippen molar-refractivity contribution >= 4 is 0 Å². The minimum Gasteiger partial charge on any atom is -0.493 e. The predicted molar refractivity (Wildman–Crippen MR) is 119 cm³/mol. The molecule has 0 radical (unpaired) electrons. The van der Waals surface area contributed by atoms with E-state index in [1.165, 1.54) is 30.4 Å². The van der Waals surface area contributed by atoms with Crippen molar-refractivity contribution in [1.29, 1.82) is 0 Å².